The summed E-state index contributed by atoms with van der Waals surface area (Å²) in [5, 5.41) is 3.14. The molecule has 0 spiro atoms. The maximum absolute atomic E-state index is 12.2. The number of hydrogen-bond acceptors (Lipinski definition) is 4. The number of ether oxygens (including phenoxy) is 1. The van der Waals surface area contributed by atoms with Crippen molar-refractivity contribution in [1.29, 1.82) is 0 Å². The quantitative estimate of drug-likeness (QED) is 0.749. The molecule has 2 aliphatic heterocycles. The molecule has 3 rings (SSSR count). The molecule has 4 nitrogen and oxygen atoms in total. The molecule has 1 amide bonds. The third-order valence-corrected chi connectivity index (χ3v) is 6.62. The fraction of sp³-hybridized carbons (Fsp3) is 0.611. The highest BCUT2D eigenvalue weighted by atomic mass is 79.9. The molecule has 2 saturated heterocycles. The molecule has 6 heteroatoms. The summed E-state index contributed by atoms with van der Waals surface area (Å²) in [5.74, 6) is -0.0117. The number of nitrogens with one attached hydrogen (secondary N) is 1. The molecule has 0 bridgehead atoms. The number of carbonyl (C=O) groups excluding carboxylic acids is 1. The van der Waals surface area contributed by atoms with E-state index in [-0.39, 0.29) is 11.4 Å². The molecule has 0 unspecified atom stereocenters. The highest BCUT2D eigenvalue weighted by Crippen LogP contribution is 2.30. The maximum atomic E-state index is 12.2. The van der Waals surface area contributed by atoms with Gasteiger partial charge >= 0.3 is 0 Å². The number of rotatable bonds is 5. The van der Waals surface area contributed by atoms with Gasteiger partial charge < -0.3 is 10.1 Å². The predicted octanol–water partition coefficient (Wildman–Crippen LogP) is 3.68. The van der Waals surface area contributed by atoms with E-state index in [1.54, 1.807) is 17.4 Å². The first-order chi connectivity index (χ1) is 11.7. The predicted molar refractivity (Wildman–Crippen MR) is 102 cm³/mol. The van der Waals surface area contributed by atoms with Crippen molar-refractivity contribution in [3.63, 3.8) is 0 Å². The number of piperidine rings is 1. The first-order valence-corrected chi connectivity index (χ1v) is 10.3. The Morgan fingerprint density at radius 2 is 2.04 bits per heavy atom. The number of nitrogens with zero attached hydrogens (tertiary/aromatic N) is 1. The van der Waals surface area contributed by atoms with Crippen molar-refractivity contribution in [1.82, 2.24) is 10.2 Å². The van der Waals surface area contributed by atoms with E-state index in [1.165, 1.54) is 19.3 Å². The number of hydrogen-bond donors (Lipinski definition) is 1. The van der Waals surface area contributed by atoms with Gasteiger partial charge in [0.25, 0.3) is 0 Å². The minimum Gasteiger partial charge on any atom is -0.381 e. The summed E-state index contributed by atoms with van der Waals surface area (Å²) >= 11 is 5.06. The summed E-state index contributed by atoms with van der Waals surface area (Å²) < 4.78 is 6.65. The first-order valence-electron chi connectivity index (χ1n) is 8.72. The van der Waals surface area contributed by atoms with Crippen molar-refractivity contribution >= 4 is 39.2 Å². The van der Waals surface area contributed by atoms with Gasteiger partial charge in [0.1, 0.15) is 0 Å². The Bertz CT molecular complexity index is 575. The van der Waals surface area contributed by atoms with Crippen LogP contribution in [0.2, 0.25) is 0 Å². The lowest BCUT2D eigenvalue weighted by molar-refractivity contribution is -0.118. The number of thiophene rings is 1. The van der Waals surface area contributed by atoms with E-state index in [2.05, 4.69) is 26.1 Å². The van der Waals surface area contributed by atoms with E-state index in [1.807, 2.05) is 18.2 Å². The van der Waals surface area contributed by atoms with Gasteiger partial charge in [0.05, 0.1) is 3.79 Å². The lowest BCUT2D eigenvalue weighted by Crippen LogP contribution is -2.59. The zero-order valence-corrected chi connectivity index (χ0v) is 16.3. The average Bonchev–Trinajstić information content (AvgIpc) is 3.05. The smallest absolute Gasteiger partial charge is 0.244 e. The molecule has 0 aliphatic carbocycles. The largest absolute Gasteiger partial charge is 0.381 e. The normalized spacial score (nSPS) is 21.9. The van der Waals surface area contributed by atoms with Crippen LogP contribution in [0.25, 0.3) is 6.08 Å². The summed E-state index contributed by atoms with van der Waals surface area (Å²) in [4.78, 5) is 15.9. The zero-order chi connectivity index (χ0) is 16.8. The average molecular weight is 413 g/mol. The van der Waals surface area contributed by atoms with Crippen molar-refractivity contribution in [2.24, 2.45) is 0 Å². The minimum atomic E-state index is -0.0117. The van der Waals surface area contributed by atoms with Crippen LogP contribution in [0, 0.1) is 0 Å². The molecule has 0 radical (unpaired) electrons. The monoisotopic (exact) mass is 412 g/mol. The number of amides is 1. The minimum absolute atomic E-state index is 0.0117. The summed E-state index contributed by atoms with van der Waals surface area (Å²) in [6.07, 6.45) is 9.40. The Kier molecular flexibility index (Phi) is 6.49. The highest BCUT2D eigenvalue weighted by Gasteiger charge is 2.38. The van der Waals surface area contributed by atoms with Crippen LogP contribution in [0.5, 0.6) is 0 Å². The van der Waals surface area contributed by atoms with Crippen LogP contribution in [0.15, 0.2) is 22.0 Å². The van der Waals surface area contributed by atoms with Crippen LogP contribution in [0.1, 0.15) is 37.0 Å². The Labute approximate surface area is 156 Å². The molecule has 0 saturated carbocycles. The van der Waals surface area contributed by atoms with Gasteiger partial charge in [0.15, 0.2) is 0 Å². The second kappa shape index (κ2) is 8.61. The zero-order valence-electron chi connectivity index (χ0n) is 13.9. The van der Waals surface area contributed by atoms with Crippen LogP contribution in [0.3, 0.4) is 0 Å². The molecule has 1 N–H and O–H groups in total. The maximum Gasteiger partial charge on any atom is 0.244 e. The van der Waals surface area contributed by atoms with Crippen molar-refractivity contribution in [2.75, 3.05) is 32.8 Å². The fourth-order valence-corrected chi connectivity index (χ4v) is 4.94. The Morgan fingerprint density at radius 3 is 2.71 bits per heavy atom. The van der Waals surface area contributed by atoms with E-state index >= 15 is 0 Å². The highest BCUT2D eigenvalue weighted by molar-refractivity contribution is 9.11. The summed E-state index contributed by atoms with van der Waals surface area (Å²) in [7, 11) is 0. The molecule has 0 aromatic carbocycles. The lowest BCUT2D eigenvalue weighted by atomic mass is 9.86. The topological polar surface area (TPSA) is 41.6 Å². The van der Waals surface area contributed by atoms with Gasteiger partial charge in [-0.1, -0.05) is 6.42 Å². The van der Waals surface area contributed by atoms with Crippen LogP contribution >= 0.6 is 27.3 Å². The molecule has 24 heavy (non-hydrogen) atoms. The fourth-order valence-electron chi connectivity index (χ4n) is 3.61. The summed E-state index contributed by atoms with van der Waals surface area (Å²) in [5.41, 5.74) is 0.0775. The number of halogens is 1. The standard InChI is InChI=1S/C18H25BrN2O2S/c19-16-6-4-15(24-16)5-7-17(22)20-14-18(8-12-23-13-9-18)21-10-2-1-3-11-21/h4-7H,1-3,8-14H2,(H,20,22). The molecule has 0 atom stereocenters. The van der Waals surface area contributed by atoms with Gasteiger partial charge in [-0.15, -0.1) is 11.3 Å². The van der Waals surface area contributed by atoms with Gasteiger partial charge in [0.2, 0.25) is 5.91 Å². The second-order valence-corrected chi connectivity index (χ2v) is 9.07. The SMILES string of the molecule is O=C(C=Cc1ccc(Br)s1)NCC1(N2CCCCC2)CCOCC1. The molecule has 1 aromatic heterocycles. The molecule has 1 aromatic rings. The Balaban J connectivity index is 1.58. The third-order valence-electron chi connectivity index (χ3n) is 5.04. The lowest BCUT2D eigenvalue weighted by Gasteiger charge is -2.48. The van der Waals surface area contributed by atoms with Gasteiger partial charge in [-0.25, -0.2) is 0 Å². The molecule has 2 fully saturated rings. The summed E-state index contributed by atoms with van der Waals surface area (Å²) in [6, 6.07) is 4.00. The molecule has 2 aliphatic rings. The van der Waals surface area contributed by atoms with Crippen molar-refractivity contribution in [3.8, 4) is 0 Å². The van der Waals surface area contributed by atoms with Gasteiger partial charge in [-0.2, -0.15) is 0 Å². The van der Waals surface area contributed by atoms with Crippen LogP contribution in [0.4, 0.5) is 0 Å². The molecule has 132 valence electrons. The van der Waals surface area contributed by atoms with E-state index < -0.39 is 0 Å². The van der Waals surface area contributed by atoms with Crippen molar-refractivity contribution in [2.45, 2.75) is 37.6 Å². The number of carbonyl (C=O) groups is 1. The van der Waals surface area contributed by atoms with Crippen molar-refractivity contribution < 1.29 is 9.53 Å². The third kappa shape index (κ3) is 4.69. The Hall–Kier alpha value is -0.690. The molecular formula is C18H25BrN2O2S. The first kappa shape index (κ1) is 18.1. The van der Waals surface area contributed by atoms with Gasteiger partial charge in [0, 0.05) is 36.3 Å². The molecular weight excluding hydrogens is 388 g/mol. The number of likely N-dealkylation sites (tertiary alicyclic amines) is 1. The van der Waals surface area contributed by atoms with E-state index in [0.29, 0.717) is 6.54 Å². The van der Waals surface area contributed by atoms with E-state index in [0.717, 1.165) is 47.8 Å². The van der Waals surface area contributed by atoms with E-state index in [4.69, 9.17) is 4.74 Å². The van der Waals surface area contributed by atoms with Gasteiger partial charge in [-0.3, -0.25) is 9.69 Å². The molecule has 3 heterocycles. The van der Waals surface area contributed by atoms with Gasteiger partial charge in [-0.05, 0) is 72.9 Å². The summed E-state index contributed by atoms with van der Waals surface area (Å²) in [6.45, 7) is 4.61. The van der Waals surface area contributed by atoms with E-state index in [9.17, 15) is 4.79 Å². The van der Waals surface area contributed by atoms with Crippen LogP contribution in [-0.2, 0) is 9.53 Å². The van der Waals surface area contributed by atoms with Crippen LogP contribution < -0.4 is 5.32 Å². The van der Waals surface area contributed by atoms with Crippen LogP contribution in [-0.4, -0.2) is 49.2 Å². The van der Waals surface area contributed by atoms with Crippen molar-refractivity contribution in [3.05, 3.63) is 26.9 Å². The second-order valence-electron chi connectivity index (χ2n) is 6.58. The Morgan fingerprint density at radius 1 is 1.29 bits per heavy atom.